The number of hydrogen-bond acceptors (Lipinski definition) is 6. The Kier molecular flexibility index (Phi) is 7.98. The van der Waals surface area contributed by atoms with Crippen molar-refractivity contribution in [3.8, 4) is 5.75 Å². The fraction of sp³-hybridized carbons (Fsp3) is 0.500. The predicted octanol–water partition coefficient (Wildman–Crippen LogP) is 7.65. The number of benzene rings is 2. The number of rotatable bonds is 10. The third-order valence-corrected chi connectivity index (χ3v) is 14.6. The fourth-order valence-electron chi connectivity index (χ4n) is 4.40. The van der Waals surface area contributed by atoms with Gasteiger partial charge in [-0.3, -0.25) is 4.31 Å². The van der Waals surface area contributed by atoms with Crippen molar-refractivity contribution >= 4 is 57.7 Å². The van der Waals surface area contributed by atoms with E-state index in [1.165, 1.54) is 0 Å². The molecular formula is C28H40N4O3S2Si. The predicted molar refractivity (Wildman–Crippen MR) is 162 cm³/mol. The number of nitrogens with zero attached hydrogens (tertiary/aromatic N) is 4. The summed E-state index contributed by atoms with van der Waals surface area (Å²) in [7, 11) is -3.98. The van der Waals surface area contributed by atoms with Crippen LogP contribution in [0.4, 0.5) is 5.69 Å². The summed E-state index contributed by atoms with van der Waals surface area (Å²) >= 11 is 1.03. The van der Waals surface area contributed by atoms with Gasteiger partial charge in [-0.05, 0) is 61.8 Å². The van der Waals surface area contributed by atoms with Crippen LogP contribution in [-0.2, 0) is 17.1 Å². The van der Waals surface area contributed by atoms with E-state index in [4.69, 9.17) is 4.43 Å². The second kappa shape index (κ2) is 10.6. The standard InChI is InChI=1S/C28H40N4O3S2Si/c1-9-10-11-12-18-32(37(33,34)25-15-13-14-23-26(25)30-36-29-23)21-16-17-24-22(19-21)27(20(2)31(24)6)35-38(7,8)28(3,4)5/h13-17,19H,9-12,18H2,1-8H3. The highest BCUT2D eigenvalue weighted by molar-refractivity contribution is 7.93. The van der Waals surface area contributed by atoms with E-state index in [1.54, 1.807) is 22.5 Å². The van der Waals surface area contributed by atoms with Crippen LogP contribution in [0.3, 0.4) is 0 Å². The number of anilines is 1. The molecule has 7 nitrogen and oxygen atoms in total. The van der Waals surface area contributed by atoms with E-state index >= 15 is 0 Å². The number of hydrogen-bond donors (Lipinski definition) is 0. The van der Waals surface area contributed by atoms with Crippen molar-refractivity contribution in [2.75, 3.05) is 10.8 Å². The maximum Gasteiger partial charge on any atom is 0.266 e. The molecule has 0 spiro atoms. The van der Waals surface area contributed by atoms with Crippen LogP contribution in [0.25, 0.3) is 21.9 Å². The average molecular weight is 573 g/mol. The summed E-state index contributed by atoms with van der Waals surface area (Å²) < 4.78 is 47.5. The molecule has 2 heterocycles. The zero-order valence-corrected chi connectivity index (χ0v) is 26.5. The quantitative estimate of drug-likeness (QED) is 0.144. The van der Waals surface area contributed by atoms with E-state index in [9.17, 15) is 8.42 Å². The molecule has 0 N–H and O–H groups in total. The highest BCUT2D eigenvalue weighted by Crippen LogP contribution is 2.42. The minimum Gasteiger partial charge on any atom is -0.542 e. The van der Waals surface area contributed by atoms with Crippen molar-refractivity contribution in [1.82, 2.24) is 13.3 Å². The average Bonchev–Trinajstić information content (AvgIpc) is 3.42. The molecule has 0 aliphatic rings. The monoisotopic (exact) mass is 572 g/mol. The van der Waals surface area contributed by atoms with Crippen LogP contribution in [0.5, 0.6) is 5.75 Å². The van der Waals surface area contributed by atoms with Gasteiger partial charge in [-0.2, -0.15) is 8.75 Å². The molecule has 0 unspecified atom stereocenters. The number of aryl methyl sites for hydroxylation is 1. The molecule has 0 amide bonds. The van der Waals surface area contributed by atoms with Gasteiger partial charge in [0.2, 0.25) is 0 Å². The van der Waals surface area contributed by atoms with Crippen LogP contribution in [0.15, 0.2) is 41.3 Å². The summed E-state index contributed by atoms with van der Waals surface area (Å²) in [5.41, 5.74) is 3.72. The number of unbranched alkanes of at least 4 members (excludes halogenated alkanes) is 3. The van der Waals surface area contributed by atoms with Crippen LogP contribution < -0.4 is 8.73 Å². The first kappa shape index (κ1) is 28.6. The molecule has 0 fully saturated rings. The van der Waals surface area contributed by atoms with Crippen molar-refractivity contribution in [2.45, 2.75) is 83.3 Å². The topological polar surface area (TPSA) is 77.3 Å². The Morgan fingerprint density at radius 3 is 2.50 bits per heavy atom. The minimum absolute atomic E-state index is 0.0358. The van der Waals surface area contributed by atoms with Gasteiger partial charge in [-0.15, -0.1) is 0 Å². The molecule has 38 heavy (non-hydrogen) atoms. The number of sulfonamides is 1. The Morgan fingerprint density at radius 1 is 1.08 bits per heavy atom. The second-order valence-electron chi connectivity index (χ2n) is 11.6. The van der Waals surface area contributed by atoms with Crippen molar-refractivity contribution in [1.29, 1.82) is 0 Å². The Bertz CT molecular complexity index is 1550. The van der Waals surface area contributed by atoms with Crippen LogP contribution in [0, 0.1) is 6.92 Å². The molecule has 10 heteroatoms. The summed E-state index contributed by atoms with van der Waals surface area (Å²) in [6.45, 7) is 15.8. The first-order chi connectivity index (χ1) is 17.8. The molecule has 0 atom stereocenters. The molecule has 2 aromatic heterocycles. The van der Waals surface area contributed by atoms with E-state index in [1.807, 2.05) is 25.2 Å². The Hall–Kier alpha value is -2.43. The molecule has 0 bridgehead atoms. The summed E-state index contributed by atoms with van der Waals surface area (Å²) in [6, 6.07) is 11.1. The van der Waals surface area contributed by atoms with Gasteiger partial charge < -0.3 is 8.99 Å². The minimum atomic E-state index is -3.88. The molecule has 2 aromatic carbocycles. The Morgan fingerprint density at radius 2 is 1.82 bits per heavy atom. The largest absolute Gasteiger partial charge is 0.542 e. The van der Waals surface area contributed by atoms with E-state index in [2.05, 4.69) is 61.0 Å². The second-order valence-corrected chi connectivity index (χ2v) is 18.6. The van der Waals surface area contributed by atoms with Crippen LogP contribution in [0.1, 0.15) is 59.1 Å². The van der Waals surface area contributed by atoms with Crippen molar-refractivity contribution < 1.29 is 12.8 Å². The number of fused-ring (bicyclic) bond motifs is 2. The Balaban J connectivity index is 1.86. The summed E-state index contributed by atoms with van der Waals surface area (Å²) in [5.74, 6) is 0.852. The van der Waals surface area contributed by atoms with Crippen molar-refractivity contribution in [2.24, 2.45) is 7.05 Å². The highest BCUT2D eigenvalue weighted by Gasteiger charge is 2.40. The van der Waals surface area contributed by atoms with Gasteiger partial charge in [0.15, 0.2) is 0 Å². The summed E-state index contributed by atoms with van der Waals surface area (Å²) in [5, 5.41) is 0.975. The van der Waals surface area contributed by atoms with E-state index in [0.717, 1.165) is 59.8 Å². The van der Waals surface area contributed by atoms with E-state index in [0.29, 0.717) is 23.3 Å². The zero-order chi connectivity index (χ0) is 27.9. The first-order valence-electron chi connectivity index (χ1n) is 13.3. The highest BCUT2D eigenvalue weighted by atomic mass is 32.2. The van der Waals surface area contributed by atoms with Gasteiger partial charge in [0.25, 0.3) is 18.3 Å². The summed E-state index contributed by atoms with van der Waals surface area (Å²) in [6.07, 6.45) is 3.90. The van der Waals surface area contributed by atoms with Crippen LogP contribution in [0.2, 0.25) is 18.1 Å². The normalized spacial score (nSPS) is 12.9. The zero-order valence-electron chi connectivity index (χ0n) is 23.8. The third-order valence-electron chi connectivity index (χ3n) is 7.90. The van der Waals surface area contributed by atoms with Crippen molar-refractivity contribution in [3.63, 3.8) is 0 Å². The van der Waals surface area contributed by atoms with E-state index in [-0.39, 0.29) is 9.93 Å². The lowest BCUT2D eigenvalue weighted by Crippen LogP contribution is -2.44. The third kappa shape index (κ3) is 5.22. The van der Waals surface area contributed by atoms with Crippen LogP contribution in [-0.4, -0.2) is 36.6 Å². The smallest absolute Gasteiger partial charge is 0.266 e. The SMILES string of the molecule is CCCCCCN(c1ccc2c(c1)c(O[Si](C)(C)C(C)(C)C)c(C)n2C)S(=O)(=O)c1cccc2nsnc12. The van der Waals surface area contributed by atoms with Gasteiger partial charge >= 0.3 is 0 Å². The van der Waals surface area contributed by atoms with Gasteiger partial charge in [0.1, 0.15) is 21.7 Å². The van der Waals surface area contributed by atoms with Gasteiger partial charge in [-0.25, -0.2) is 8.42 Å². The van der Waals surface area contributed by atoms with Crippen LogP contribution >= 0.6 is 11.7 Å². The van der Waals surface area contributed by atoms with Gasteiger partial charge in [0, 0.05) is 19.0 Å². The van der Waals surface area contributed by atoms with E-state index < -0.39 is 18.3 Å². The molecule has 0 saturated heterocycles. The lowest BCUT2D eigenvalue weighted by molar-refractivity contribution is 0.491. The van der Waals surface area contributed by atoms with Gasteiger partial charge in [0.05, 0.1) is 28.6 Å². The maximum atomic E-state index is 14.2. The maximum absolute atomic E-state index is 14.2. The number of aromatic nitrogens is 3. The molecule has 0 saturated carbocycles. The molecule has 4 rings (SSSR count). The lowest BCUT2D eigenvalue weighted by Gasteiger charge is -2.36. The molecule has 206 valence electrons. The molecule has 4 aromatic rings. The Labute approximate surface area is 232 Å². The molecule has 0 aliphatic carbocycles. The van der Waals surface area contributed by atoms with Gasteiger partial charge in [-0.1, -0.05) is 53.0 Å². The molecule has 0 aliphatic heterocycles. The molecular weight excluding hydrogens is 533 g/mol. The lowest BCUT2D eigenvalue weighted by atomic mass is 10.2. The van der Waals surface area contributed by atoms with Crippen molar-refractivity contribution in [3.05, 3.63) is 42.1 Å². The molecule has 0 radical (unpaired) electrons. The summed E-state index contributed by atoms with van der Waals surface area (Å²) in [4.78, 5) is 0.196. The first-order valence-corrected chi connectivity index (χ1v) is 18.4. The fourth-order valence-corrected chi connectivity index (χ4v) is 7.72.